The number of esters is 1. The Labute approximate surface area is 571 Å². The van der Waals surface area contributed by atoms with Crippen LogP contribution >= 0.6 is 0 Å². The van der Waals surface area contributed by atoms with E-state index in [1.807, 2.05) is 68.2 Å². The summed E-state index contributed by atoms with van der Waals surface area (Å²) >= 11 is 0. The van der Waals surface area contributed by atoms with Gasteiger partial charge in [-0.2, -0.15) is 0 Å². The molecule has 4 aromatic carbocycles. The molecule has 8 aliphatic rings. The maximum atomic E-state index is 13.8. The molecule has 3 amide bonds. The number of carbonyl (C=O) groups excluding carboxylic acids is 4. The first kappa shape index (κ1) is 64.8. The van der Waals surface area contributed by atoms with E-state index in [1.54, 1.807) is 0 Å². The molecule has 98 heavy (non-hydrogen) atoms. The number of imidazole rings is 2. The Kier molecular flexibility index (Phi) is 18.2. The Morgan fingerprint density at radius 3 is 1.67 bits per heavy atom. The molecule has 4 fully saturated rings. The standard InChI is InChI=1S/C47H56N6O7.C32H33N5O/c1-26(2)34(23-41(54)58-5)45(55)52-18-8-12-38(52)36-22-31(24-48-36)28-14-16-32-29(20-28)10-7-11-33-35-21-30(15-17-40(35)60-43(32)33)37-25-49-44(50-37)39-13-9-19-53(39)46(56)42(27(3)4)51-47(57)59-6;1-4-20-14-19(22-16-28(35-17-22)26-6-2-12-33-26)8-10-23(20)31-24(5-1)25-15-21(9-11-30(25)38-31)29-18-36-32(37-29)27-7-3-13-34-27/h14-17,20-21,24-27,34,38-39,42H,7-13,18-19,22-23H2,1-6H3,(H,49,50)(H,51,57);8-11,14-15,17-18,26-27,33-34H,1-7,12-13,16H2,(H,36,37)/t34-,38-,39-,42-;26-,27-/m00/s1. The number of hydrogen-bond acceptors (Lipinski definition) is 14. The smallest absolute Gasteiger partial charge is 0.407 e. The number of ether oxygens (including phenoxy) is 2. The minimum Gasteiger partial charge on any atom is -0.469 e. The monoisotopic (exact) mass is 1320 g/mol. The Balaban J connectivity index is 0.000000176. The van der Waals surface area contributed by atoms with Gasteiger partial charge in [-0.25, -0.2) is 14.8 Å². The number of aromatic nitrogens is 4. The average molecular weight is 1320 g/mol. The highest BCUT2D eigenvalue weighted by molar-refractivity contribution is 6.04. The molecule has 6 aliphatic heterocycles. The topological polar surface area (TPSA) is 238 Å². The zero-order valence-corrected chi connectivity index (χ0v) is 57.2. The van der Waals surface area contributed by atoms with E-state index in [2.05, 4.69) is 97.8 Å². The zero-order chi connectivity index (χ0) is 67.3. The van der Waals surface area contributed by atoms with Crippen molar-refractivity contribution in [3.8, 4) is 45.2 Å². The SMILES string of the molecule is C1=C(c2ccc3c(c2)CCCc2c-3oc3ccc(-c4cnc([C@@H]5CCCN5)[nH]4)cc23)CC([C@@H]2CCCN2)=N1.COC(=O)C[C@H](C(=O)N1CCC[C@H]1C1=NC=C(c2ccc3c(c2)CCCc2c-3oc3ccc(-c4cnc([C@@H]5CCCN5C(=O)[C@@H](NC(=O)OC)C(C)C)[nH]4)cc23)C1)C(C)C. The molecule has 5 N–H and O–H groups in total. The first-order chi connectivity index (χ1) is 47.7. The second-order valence-electron chi connectivity index (χ2n) is 28.6. The van der Waals surface area contributed by atoms with E-state index in [4.69, 9.17) is 33.3 Å². The van der Waals surface area contributed by atoms with E-state index in [0.717, 1.165) is 169 Å². The van der Waals surface area contributed by atoms with E-state index in [1.165, 1.54) is 89.1 Å². The van der Waals surface area contributed by atoms with Crippen molar-refractivity contribution in [1.82, 2.24) is 45.7 Å². The molecule has 0 unspecified atom stereocenters. The Bertz CT molecular complexity index is 4520. The molecule has 508 valence electrons. The van der Waals surface area contributed by atoms with Crippen molar-refractivity contribution in [2.24, 2.45) is 27.7 Å². The molecule has 0 saturated carbocycles. The number of benzene rings is 4. The van der Waals surface area contributed by atoms with Crippen LogP contribution in [0, 0.1) is 17.8 Å². The lowest BCUT2D eigenvalue weighted by atomic mass is 9.90. The summed E-state index contributed by atoms with van der Waals surface area (Å²) in [7, 11) is 2.66. The fourth-order valence-electron chi connectivity index (χ4n) is 16.4. The van der Waals surface area contributed by atoms with Crippen molar-refractivity contribution in [1.29, 1.82) is 0 Å². The highest BCUT2D eigenvalue weighted by Crippen LogP contribution is 2.45. The molecule has 6 atom stereocenters. The molecular weight excluding hydrogens is 1230 g/mol. The summed E-state index contributed by atoms with van der Waals surface area (Å²) in [4.78, 5) is 81.6. The normalized spacial score (nSPS) is 21.0. The molecule has 0 bridgehead atoms. The molecule has 4 aromatic heterocycles. The number of H-pyrrole nitrogens is 2. The zero-order valence-electron chi connectivity index (χ0n) is 57.2. The van der Waals surface area contributed by atoms with Crippen LogP contribution in [-0.2, 0) is 49.5 Å². The Morgan fingerprint density at radius 1 is 0.571 bits per heavy atom. The van der Waals surface area contributed by atoms with Gasteiger partial charge in [-0.05, 0) is 185 Å². The van der Waals surface area contributed by atoms with Crippen molar-refractivity contribution < 1.29 is 37.5 Å². The number of allylic oxidation sites excluding steroid dienone is 2. The van der Waals surface area contributed by atoms with Crippen molar-refractivity contribution in [3.05, 3.63) is 143 Å². The number of aryl methyl sites for hydroxylation is 4. The van der Waals surface area contributed by atoms with Crippen LogP contribution in [0.2, 0.25) is 0 Å². The Morgan fingerprint density at radius 2 is 1.11 bits per heavy atom. The number of fused-ring (bicyclic) bond motifs is 10. The van der Waals surface area contributed by atoms with Gasteiger partial charge in [0.15, 0.2) is 0 Å². The second-order valence-corrected chi connectivity index (χ2v) is 28.6. The number of nitrogens with one attached hydrogen (secondary N) is 5. The van der Waals surface area contributed by atoms with Gasteiger partial charge in [0.05, 0.1) is 68.5 Å². The van der Waals surface area contributed by atoms with Gasteiger partial charge < -0.3 is 54.0 Å². The first-order valence-electron chi connectivity index (χ1n) is 35.7. The average Bonchev–Trinajstić information content (AvgIpc) is 1.61. The Hall–Kier alpha value is -9.20. The summed E-state index contributed by atoms with van der Waals surface area (Å²) in [6.45, 7) is 11.2. The number of nitrogens with zero attached hydrogens (tertiary/aromatic N) is 6. The lowest BCUT2D eigenvalue weighted by molar-refractivity contribution is -0.148. The maximum Gasteiger partial charge on any atom is 0.407 e. The van der Waals surface area contributed by atoms with Crippen LogP contribution in [0.25, 0.3) is 78.2 Å². The van der Waals surface area contributed by atoms with Crippen LogP contribution in [0.15, 0.2) is 116 Å². The van der Waals surface area contributed by atoms with Crippen LogP contribution in [0.4, 0.5) is 4.79 Å². The molecule has 19 nitrogen and oxygen atoms in total. The summed E-state index contributed by atoms with van der Waals surface area (Å²) in [5.41, 5.74) is 20.6. The number of methoxy groups -OCH3 is 2. The highest BCUT2D eigenvalue weighted by atomic mass is 16.5. The third-order valence-electron chi connectivity index (χ3n) is 21.8. The number of alkyl carbamates (subject to hydrolysis) is 1. The highest BCUT2D eigenvalue weighted by Gasteiger charge is 2.41. The summed E-state index contributed by atoms with van der Waals surface area (Å²) in [5, 5.41) is 12.2. The molecular formula is C79H89N11O8. The van der Waals surface area contributed by atoms with Crippen molar-refractivity contribution in [2.45, 2.75) is 167 Å². The van der Waals surface area contributed by atoms with E-state index in [-0.39, 0.29) is 48.1 Å². The van der Waals surface area contributed by atoms with Crippen LogP contribution in [0.1, 0.15) is 168 Å². The van der Waals surface area contributed by atoms with E-state index < -0.39 is 18.1 Å². The molecule has 8 aromatic rings. The molecule has 0 radical (unpaired) electrons. The van der Waals surface area contributed by atoms with Gasteiger partial charge in [0, 0.05) is 99.9 Å². The van der Waals surface area contributed by atoms with Crippen LogP contribution in [-0.4, -0.2) is 124 Å². The third kappa shape index (κ3) is 12.6. The van der Waals surface area contributed by atoms with Gasteiger partial charge in [-0.1, -0.05) is 64.1 Å². The molecule has 16 rings (SSSR count). The number of aliphatic imine (C=N–C) groups is 2. The number of rotatable bonds is 15. The van der Waals surface area contributed by atoms with E-state index in [9.17, 15) is 19.2 Å². The quantitative estimate of drug-likeness (QED) is 0.0603. The first-order valence-corrected chi connectivity index (χ1v) is 35.7. The van der Waals surface area contributed by atoms with Crippen molar-refractivity contribution in [3.63, 3.8) is 0 Å². The minimum atomic E-state index is -0.694. The van der Waals surface area contributed by atoms with Crippen LogP contribution in [0.5, 0.6) is 0 Å². The molecule has 2 aliphatic carbocycles. The number of hydrogen-bond donors (Lipinski definition) is 5. The number of aromatic amines is 2. The van der Waals surface area contributed by atoms with E-state index >= 15 is 0 Å². The predicted octanol–water partition coefficient (Wildman–Crippen LogP) is 14.4. The molecule has 10 heterocycles. The summed E-state index contributed by atoms with van der Waals surface area (Å²) in [6.07, 6.45) is 23.2. The van der Waals surface area contributed by atoms with Gasteiger partial charge >= 0.3 is 12.1 Å². The van der Waals surface area contributed by atoms with Crippen LogP contribution in [0.3, 0.4) is 0 Å². The van der Waals surface area contributed by atoms with Crippen molar-refractivity contribution in [2.75, 3.05) is 40.4 Å². The number of carbonyl (C=O) groups is 4. The van der Waals surface area contributed by atoms with Crippen LogP contribution < -0.4 is 16.0 Å². The van der Waals surface area contributed by atoms with E-state index in [0.29, 0.717) is 31.6 Å². The minimum absolute atomic E-state index is 0.0125. The lowest BCUT2D eigenvalue weighted by Crippen LogP contribution is -2.51. The molecule has 4 saturated heterocycles. The number of furan rings is 2. The number of likely N-dealkylation sites (tertiary alicyclic amines) is 2. The predicted molar refractivity (Wildman–Crippen MR) is 381 cm³/mol. The fraction of sp³-hybridized carbons (Fsp3) is 0.443. The summed E-state index contributed by atoms with van der Waals surface area (Å²) in [5.74, 6) is 2.74. The molecule has 19 heteroatoms. The largest absolute Gasteiger partial charge is 0.469 e. The third-order valence-corrected chi connectivity index (χ3v) is 21.8. The van der Waals surface area contributed by atoms with Crippen molar-refractivity contribution >= 4 is 68.4 Å². The fourth-order valence-corrected chi connectivity index (χ4v) is 16.4. The summed E-state index contributed by atoms with van der Waals surface area (Å²) in [6, 6.07) is 26.2. The van der Waals surface area contributed by atoms with Gasteiger partial charge in [0.1, 0.15) is 40.4 Å². The van der Waals surface area contributed by atoms with Gasteiger partial charge in [0.2, 0.25) is 11.8 Å². The molecule has 0 spiro atoms. The number of amides is 3. The maximum absolute atomic E-state index is 13.8. The van der Waals surface area contributed by atoms with Gasteiger partial charge in [-0.3, -0.25) is 24.4 Å². The van der Waals surface area contributed by atoms with Gasteiger partial charge in [-0.15, -0.1) is 0 Å². The second kappa shape index (κ2) is 27.6. The lowest BCUT2D eigenvalue weighted by Gasteiger charge is -2.30. The van der Waals surface area contributed by atoms with Gasteiger partial charge in [0.25, 0.3) is 0 Å². The summed E-state index contributed by atoms with van der Waals surface area (Å²) < 4.78 is 22.9.